The van der Waals surface area contributed by atoms with E-state index in [9.17, 15) is 14.4 Å². The number of hydrogen-bond donors (Lipinski definition) is 1. The van der Waals surface area contributed by atoms with Crippen LogP contribution in [0, 0.1) is 0 Å². The maximum atomic E-state index is 12.0. The van der Waals surface area contributed by atoms with Crippen LogP contribution in [0.3, 0.4) is 0 Å². The van der Waals surface area contributed by atoms with E-state index in [1.807, 2.05) is 0 Å². The van der Waals surface area contributed by atoms with Crippen molar-refractivity contribution in [3.63, 3.8) is 0 Å². The summed E-state index contributed by atoms with van der Waals surface area (Å²) in [6, 6.07) is -0.433. The van der Waals surface area contributed by atoms with Gasteiger partial charge in [-0.3, -0.25) is 19.8 Å². The molecular formula is C13H22N2O5. The highest BCUT2D eigenvalue weighted by Gasteiger charge is 2.35. The topological polar surface area (TPSA) is 84.9 Å². The summed E-state index contributed by atoms with van der Waals surface area (Å²) in [5, 5.41) is 2.07. The number of rotatable bonds is 3. The molecule has 0 aromatic rings. The lowest BCUT2D eigenvalue weighted by atomic mass is 10.1. The molecule has 1 heterocycles. The van der Waals surface area contributed by atoms with Gasteiger partial charge in [-0.15, -0.1) is 0 Å². The SMILES string of the molecule is COC(=O)NC(=O)CN1CCC[C@H]1C(=O)OC(C)(C)C. The molecule has 7 heteroatoms. The molecule has 0 radical (unpaired) electrons. The second-order valence-corrected chi connectivity index (χ2v) is 5.70. The van der Waals surface area contributed by atoms with Crippen molar-refractivity contribution in [3.05, 3.63) is 0 Å². The highest BCUT2D eigenvalue weighted by atomic mass is 16.6. The molecule has 0 saturated carbocycles. The molecular weight excluding hydrogens is 264 g/mol. The van der Waals surface area contributed by atoms with Crippen LogP contribution in [0.5, 0.6) is 0 Å². The Hall–Kier alpha value is -1.63. The van der Waals surface area contributed by atoms with E-state index < -0.39 is 23.6 Å². The van der Waals surface area contributed by atoms with Crippen molar-refractivity contribution in [2.45, 2.75) is 45.3 Å². The number of nitrogens with zero attached hydrogens (tertiary/aromatic N) is 1. The van der Waals surface area contributed by atoms with Crippen LogP contribution in [0.4, 0.5) is 4.79 Å². The fourth-order valence-corrected chi connectivity index (χ4v) is 2.04. The minimum absolute atomic E-state index is 0.0288. The molecule has 114 valence electrons. The Balaban J connectivity index is 2.55. The monoisotopic (exact) mass is 286 g/mol. The van der Waals surface area contributed by atoms with E-state index in [2.05, 4.69) is 10.1 Å². The molecule has 0 aliphatic carbocycles. The van der Waals surface area contributed by atoms with Gasteiger partial charge in [-0.05, 0) is 40.2 Å². The fraction of sp³-hybridized carbons (Fsp3) is 0.769. The zero-order valence-electron chi connectivity index (χ0n) is 12.4. The average Bonchev–Trinajstić information content (AvgIpc) is 2.74. The van der Waals surface area contributed by atoms with Crippen molar-refractivity contribution in [2.75, 3.05) is 20.2 Å². The van der Waals surface area contributed by atoms with E-state index in [-0.39, 0.29) is 12.5 Å². The van der Waals surface area contributed by atoms with Crippen LogP contribution in [0.15, 0.2) is 0 Å². The molecule has 0 aromatic carbocycles. The summed E-state index contributed by atoms with van der Waals surface area (Å²) in [5.41, 5.74) is -0.556. The number of imide groups is 1. The van der Waals surface area contributed by atoms with Crippen LogP contribution in [0.1, 0.15) is 33.6 Å². The minimum Gasteiger partial charge on any atom is -0.459 e. The molecule has 0 spiro atoms. The molecule has 2 amide bonds. The third kappa shape index (κ3) is 5.16. The van der Waals surface area contributed by atoms with Crippen LogP contribution in [0.2, 0.25) is 0 Å². The van der Waals surface area contributed by atoms with Crippen molar-refractivity contribution in [2.24, 2.45) is 0 Å². The second kappa shape index (κ2) is 6.69. The Labute approximate surface area is 118 Å². The molecule has 0 unspecified atom stereocenters. The van der Waals surface area contributed by atoms with Crippen molar-refractivity contribution in [1.82, 2.24) is 10.2 Å². The summed E-state index contributed by atoms with van der Waals surface area (Å²) in [6.45, 7) is 5.99. The highest BCUT2D eigenvalue weighted by molar-refractivity contribution is 5.93. The van der Waals surface area contributed by atoms with Crippen molar-refractivity contribution >= 4 is 18.0 Å². The Morgan fingerprint density at radius 2 is 1.95 bits per heavy atom. The molecule has 1 fully saturated rings. The second-order valence-electron chi connectivity index (χ2n) is 5.70. The molecule has 20 heavy (non-hydrogen) atoms. The van der Waals surface area contributed by atoms with Gasteiger partial charge in [-0.25, -0.2) is 4.79 Å². The lowest BCUT2D eigenvalue weighted by Crippen LogP contribution is -2.46. The maximum absolute atomic E-state index is 12.0. The predicted octanol–water partition coefficient (Wildman–Crippen LogP) is 0.675. The van der Waals surface area contributed by atoms with Gasteiger partial charge >= 0.3 is 12.1 Å². The van der Waals surface area contributed by atoms with Crippen molar-refractivity contribution < 1.29 is 23.9 Å². The third-order valence-corrected chi connectivity index (χ3v) is 2.82. The lowest BCUT2D eigenvalue weighted by Gasteiger charge is -2.26. The first-order chi connectivity index (χ1) is 9.23. The molecule has 1 atom stereocenters. The predicted molar refractivity (Wildman–Crippen MR) is 71.0 cm³/mol. The number of carbonyl (C=O) groups is 3. The lowest BCUT2D eigenvalue weighted by molar-refractivity contribution is -0.160. The minimum atomic E-state index is -0.803. The van der Waals surface area contributed by atoms with Crippen LogP contribution in [-0.4, -0.2) is 54.7 Å². The van der Waals surface area contributed by atoms with Gasteiger partial charge < -0.3 is 9.47 Å². The molecule has 0 bridgehead atoms. The molecule has 1 N–H and O–H groups in total. The highest BCUT2D eigenvalue weighted by Crippen LogP contribution is 2.20. The van der Waals surface area contributed by atoms with E-state index in [0.29, 0.717) is 13.0 Å². The summed E-state index contributed by atoms with van der Waals surface area (Å²) >= 11 is 0. The number of nitrogens with one attached hydrogen (secondary N) is 1. The summed E-state index contributed by atoms with van der Waals surface area (Å²) in [7, 11) is 1.18. The summed E-state index contributed by atoms with van der Waals surface area (Å²) in [5.74, 6) is -0.826. The van der Waals surface area contributed by atoms with Gasteiger partial charge in [0, 0.05) is 0 Å². The zero-order valence-corrected chi connectivity index (χ0v) is 12.4. The van der Waals surface area contributed by atoms with Gasteiger partial charge in [0.1, 0.15) is 11.6 Å². The Morgan fingerprint density at radius 1 is 1.30 bits per heavy atom. The van der Waals surface area contributed by atoms with Gasteiger partial charge in [0.25, 0.3) is 0 Å². The third-order valence-electron chi connectivity index (χ3n) is 2.82. The summed E-state index contributed by atoms with van der Waals surface area (Å²) in [6.07, 6.45) is 0.665. The number of carbonyl (C=O) groups excluding carboxylic acids is 3. The summed E-state index contributed by atoms with van der Waals surface area (Å²) < 4.78 is 9.68. The van der Waals surface area contributed by atoms with E-state index in [4.69, 9.17) is 4.74 Å². The molecule has 1 aliphatic rings. The maximum Gasteiger partial charge on any atom is 0.413 e. The van der Waals surface area contributed by atoms with Gasteiger partial charge in [-0.2, -0.15) is 0 Å². The first kappa shape index (κ1) is 16.4. The van der Waals surface area contributed by atoms with E-state index in [1.165, 1.54) is 7.11 Å². The van der Waals surface area contributed by atoms with E-state index in [0.717, 1.165) is 6.42 Å². The van der Waals surface area contributed by atoms with Crippen LogP contribution in [0.25, 0.3) is 0 Å². The number of alkyl carbamates (subject to hydrolysis) is 1. The number of amides is 2. The molecule has 1 saturated heterocycles. The number of ether oxygens (including phenoxy) is 2. The van der Waals surface area contributed by atoms with Gasteiger partial charge in [0.05, 0.1) is 13.7 Å². The summed E-state index contributed by atoms with van der Waals surface area (Å²) in [4.78, 5) is 36.3. The largest absolute Gasteiger partial charge is 0.459 e. The zero-order chi connectivity index (χ0) is 15.3. The molecule has 1 aliphatic heterocycles. The quantitative estimate of drug-likeness (QED) is 0.768. The number of likely N-dealkylation sites (tertiary alicyclic amines) is 1. The Morgan fingerprint density at radius 3 is 2.50 bits per heavy atom. The molecule has 1 rings (SSSR count). The normalized spacial score (nSPS) is 19.5. The van der Waals surface area contributed by atoms with Crippen LogP contribution >= 0.6 is 0 Å². The smallest absolute Gasteiger partial charge is 0.413 e. The van der Waals surface area contributed by atoms with Gasteiger partial charge in [0.2, 0.25) is 5.91 Å². The standard InChI is InChI=1S/C13H22N2O5/c1-13(2,3)20-11(17)9-6-5-7-15(9)8-10(16)14-12(18)19-4/h9H,5-8H2,1-4H3,(H,14,16,18)/t9-/m0/s1. The number of hydrogen-bond acceptors (Lipinski definition) is 6. The van der Waals surface area contributed by atoms with Crippen LogP contribution in [-0.2, 0) is 19.1 Å². The Bertz CT molecular complexity index is 389. The first-order valence-electron chi connectivity index (χ1n) is 6.57. The van der Waals surface area contributed by atoms with Crippen molar-refractivity contribution in [1.29, 1.82) is 0 Å². The van der Waals surface area contributed by atoms with E-state index >= 15 is 0 Å². The number of esters is 1. The van der Waals surface area contributed by atoms with Gasteiger partial charge in [-0.1, -0.05) is 0 Å². The van der Waals surface area contributed by atoms with Crippen LogP contribution < -0.4 is 5.32 Å². The molecule has 7 nitrogen and oxygen atoms in total. The van der Waals surface area contributed by atoms with E-state index in [1.54, 1.807) is 25.7 Å². The van der Waals surface area contributed by atoms with Gasteiger partial charge in [0.15, 0.2) is 0 Å². The first-order valence-corrected chi connectivity index (χ1v) is 6.57. The molecule has 0 aromatic heterocycles. The average molecular weight is 286 g/mol. The Kier molecular flexibility index (Phi) is 5.50. The number of methoxy groups -OCH3 is 1. The fourth-order valence-electron chi connectivity index (χ4n) is 2.04. The van der Waals surface area contributed by atoms with Crippen molar-refractivity contribution in [3.8, 4) is 0 Å².